The van der Waals surface area contributed by atoms with Crippen molar-refractivity contribution in [3.8, 4) is 11.5 Å². The first kappa shape index (κ1) is 17.9. The number of amides is 1. The van der Waals surface area contributed by atoms with Crippen LogP contribution in [0.3, 0.4) is 0 Å². The quantitative estimate of drug-likeness (QED) is 0.850. The van der Waals surface area contributed by atoms with Gasteiger partial charge in [-0.1, -0.05) is 6.07 Å². The normalized spacial score (nSPS) is 11.9. The summed E-state index contributed by atoms with van der Waals surface area (Å²) in [6, 6.07) is 13.1. The van der Waals surface area contributed by atoms with E-state index in [1.807, 2.05) is 70.2 Å². The second-order valence-corrected chi connectivity index (χ2v) is 6.19. The van der Waals surface area contributed by atoms with Crippen LogP contribution < -0.4 is 14.8 Å². The van der Waals surface area contributed by atoms with Gasteiger partial charge >= 0.3 is 0 Å². The molecule has 1 N–H and O–H groups in total. The molecule has 0 radical (unpaired) electrons. The monoisotopic (exact) mass is 327 g/mol. The Bertz CT molecular complexity index is 693. The molecule has 0 aliphatic heterocycles. The van der Waals surface area contributed by atoms with Crippen molar-refractivity contribution in [3.05, 3.63) is 53.6 Å². The van der Waals surface area contributed by atoms with Gasteiger partial charge in [0.15, 0.2) is 6.10 Å². The van der Waals surface area contributed by atoms with Gasteiger partial charge in [-0.15, -0.1) is 0 Å². The molecule has 0 bridgehead atoms. The van der Waals surface area contributed by atoms with Crippen LogP contribution in [0.15, 0.2) is 42.5 Å². The first-order chi connectivity index (χ1) is 11.3. The summed E-state index contributed by atoms with van der Waals surface area (Å²) in [6.45, 7) is 9.75. The Morgan fingerprint density at radius 1 is 0.875 bits per heavy atom. The molecule has 24 heavy (non-hydrogen) atoms. The van der Waals surface area contributed by atoms with Crippen molar-refractivity contribution < 1.29 is 14.3 Å². The molecule has 0 saturated carbocycles. The fourth-order valence-corrected chi connectivity index (χ4v) is 2.18. The summed E-state index contributed by atoms with van der Waals surface area (Å²) in [5.41, 5.74) is 3.05. The van der Waals surface area contributed by atoms with E-state index in [4.69, 9.17) is 9.47 Å². The Kier molecular flexibility index (Phi) is 5.85. The number of anilines is 1. The third kappa shape index (κ3) is 5.01. The van der Waals surface area contributed by atoms with Crippen molar-refractivity contribution in [3.63, 3.8) is 0 Å². The van der Waals surface area contributed by atoms with Crippen LogP contribution in [0.5, 0.6) is 11.5 Å². The van der Waals surface area contributed by atoms with E-state index in [9.17, 15) is 4.79 Å². The molecule has 0 saturated heterocycles. The summed E-state index contributed by atoms with van der Waals surface area (Å²) in [5.74, 6) is 1.29. The highest BCUT2D eigenvalue weighted by Gasteiger charge is 2.15. The zero-order valence-electron chi connectivity index (χ0n) is 14.9. The number of hydrogen-bond acceptors (Lipinski definition) is 3. The molecule has 128 valence electrons. The van der Waals surface area contributed by atoms with Crippen LogP contribution in [0.25, 0.3) is 0 Å². The standard InChI is InChI=1S/C20H25NO3/c1-13(2)23-18-10-7-17(8-11-18)21-20(22)16(5)24-19-9-6-14(3)15(4)12-19/h6-13,16H,1-5H3,(H,21,22). The molecule has 1 amide bonds. The lowest BCUT2D eigenvalue weighted by atomic mass is 10.1. The van der Waals surface area contributed by atoms with Gasteiger partial charge < -0.3 is 14.8 Å². The van der Waals surface area contributed by atoms with E-state index in [-0.39, 0.29) is 12.0 Å². The number of carbonyl (C=O) groups is 1. The van der Waals surface area contributed by atoms with Gasteiger partial charge in [-0.05, 0) is 82.1 Å². The molecular formula is C20H25NO3. The second-order valence-electron chi connectivity index (χ2n) is 6.19. The lowest BCUT2D eigenvalue weighted by Gasteiger charge is -2.16. The molecule has 0 fully saturated rings. The minimum absolute atomic E-state index is 0.122. The predicted octanol–water partition coefficient (Wildman–Crippen LogP) is 4.50. The van der Waals surface area contributed by atoms with Crippen LogP contribution in [-0.2, 0) is 4.79 Å². The third-order valence-corrected chi connectivity index (χ3v) is 3.65. The average molecular weight is 327 g/mol. The highest BCUT2D eigenvalue weighted by atomic mass is 16.5. The van der Waals surface area contributed by atoms with E-state index in [0.29, 0.717) is 11.4 Å². The summed E-state index contributed by atoms with van der Waals surface area (Å²) in [7, 11) is 0. The summed E-state index contributed by atoms with van der Waals surface area (Å²) >= 11 is 0. The smallest absolute Gasteiger partial charge is 0.265 e. The van der Waals surface area contributed by atoms with Gasteiger partial charge in [0, 0.05) is 5.69 Å². The number of rotatable bonds is 6. The Labute approximate surface area is 143 Å². The van der Waals surface area contributed by atoms with E-state index in [2.05, 4.69) is 5.32 Å². The minimum Gasteiger partial charge on any atom is -0.491 e. The number of hydrogen-bond donors (Lipinski definition) is 1. The highest BCUT2D eigenvalue weighted by molar-refractivity contribution is 5.94. The van der Waals surface area contributed by atoms with Crippen molar-refractivity contribution in [1.82, 2.24) is 0 Å². The topological polar surface area (TPSA) is 47.6 Å². The molecule has 0 aliphatic carbocycles. The van der Waals surface area contributed by atoms with Crippen molar-refractivity contribution >= 4 is 11.6 Å². The Hall–Kier alpha value is -2.49. The summed E-state index contributed by atoms with van der Waals surface area (Å²) in [5, 5.41) is 2.85. The van der Waals surface area contributed by atoms with Gasteiger partial charge in [0.2, 0.25) is 0 Å². The number of ether oxygens (including phenoxy) is 2. The van der Waals surface area contributed by atoms with E-state index in [1.54, 1.807) is 6.92 Å². The minimum atomic E-state index is -0.585. The molecule has 2 aromatic rings. The van der Waals surface area contributed by atoms with E-state index in [0.717, 1.165) is 11.3 Å². The zero-order chi connectivity index (χ0) is 17.7. The maximum Gasteiger partial charge on any atom is 0.265 e. The zero-order valence-corrected chi connectivity index (χ0v) is 14.9. The molecule has 0 aromatic heterocycles. The second kappa shape index (κ2) is 7.86. The highest BCUT2D eigenvalue weighted by Crippen LogP contribution is 2.19. The van der Waals surface area contributed by atoms with Crippen molar-refractivity contribution in [2.24, 2.45) is 0 Å². The Balaban J connectivity index is 1.94. The lowest BCUT2D eigenvalue weighted by Crippen LogP contribution is -2.30. The molecule has 0 aliphatic rings. The average Bonchev–Trinajstić information content (AvgIpc) is 2.52. The fraction of sp³-hybridized carbons (Fsp3) is 0.350. The first-order valence-corrected chi connectivity index (χ1v) is 8.16. The van der Waals surface area contributed by atoms with Crippen LogP contribution >= 0.6 is 0 Å². The first-order valence-electron chi connectivity index (χ1n) is 8.16. The molecule has 0 spiro atoms. The van der Waals surface area contributed by atoms with Gasteiger partial charge in [0.1, 0.15) is 11.5 Å². The van der Waals surface area contributed by atoms with Gasteiger partial charge in [-0.2, -0.15) is 0 Å². The molecule has 1 atom stereocenters. The van der Waals surface area contributed by atoms with E-state index in [1.165, 1.54) is 5.56 Å². The summed E-state index contributed by atoms with van der Waals surface area (Å²) in [4.78, 5) is 12.3. The predicted molar refractivity (Wildman–Crippen MR) is 96.8 cm³/mol. The van der Waals surface area contributed by atoms with E-state index < -0.39 is 6.10 Å². The fourth-order valence-electron chi connectivity index (χ4n) is 2.18. The largest absolute Gasteiger partial charge is 0.491 e. The molecular weight excluding hydrogens is 302 g/mol. The molecule has 0 heterocycles. The maximum absolute atomic E-state index is 12.3. The molecule has 1 unspecified atom stereocenters. The van der Waals surface area contributed by atoms with Crippen molar-refractivity contribution in [2.45, 2.75) is 46.8 Å². The van der Waals surface area contributed by atoms with Crippen molar-refractivity contribution in [1.29, 1.82) is 0 Å². The van der Waals surface area contributed by atoms with Gasteiger partial charge in [-0.25, -0.2) is 0 Å². The van der Waals surface area contributed by atoms with Gasteiger partial charge in [0.05, 0.1) is 6.10 Å². The summed E-state index contributed by atoms with van der Waals surface area (Å²) < 4.78 is 11.3. The number of benzene rings is 2. The van der Waals surface area contributed by atoms with E-state index >= 15 is 0 Å². The van der Waals surface area contributed by atoms with Gasteiger partial charge in [0.25, 0.3) is 5.91 Å². The number of aryl methyl sites for hydroxylation is 2. The van der Waals surface area contributed by atoms with Crippen LogP contribution in [0.4, 0.5) is 5.69 Å². The van der Waals surface area contributed by atoms with Crippen molar-refractivity contribution in [2.75, 3.05) is 5.32 Å². The van der Waals surface area contributed by atoms with Gasteiger partial charge in [-0.3, -0.25) is 4.79 Å². The van der Waals surface area contributed by atoms with Crippen LogP contribution in [0.1, 0.15) is 31.9 Å². The number of carbonyl (C=O) groups excluding carboxylic acids is 1. The third-order valence-electron chi connectivity index (χ3n) is 3.65. The number of nitrogens with one attached hydrogen (secondary N) is 1. The molecule has 2 aromatic carbocycles. The molecule has 4 heteroatoms. The summed E-state index contributed by atoms with van der Waals surface area (Å²) in [6.07, 6.45) is -0.462. The van der Waals surface area contributed by atoms with Crippen LogP contribution in [-0.4, -0.2) is 18.1 Å². The lowest BCUT2D eigenvalue weighted by molar-refractivity contribution is -0.122. The molecule has 2 rings (SSSR count). The maximum atomic E-state index is 12.3. The van der Waals surface area contributed by atoms with Crippen LogP contribution in [0.2, 0.25) is 0 Å². The Morgan fingerprint density at radius 2 is 1.50 bits per heavy atom. The van der Waals surface area contributed by atoms with Crippen LogP contribution in [0, 0.1) is 13.8 Å². The molecule has 4 nitrogen and oxygen atoms in total. The SMILES string of the molecule is Cc1ccc(OC(C)C(=O)Nc2ccc(OC(C)C)cc2)cc1C. The Morgan fingerprint density at radius 3 is 2.08 bits per heavy atom.